The van der Waals surface area contributed by atoms with Crippen molar-refractivity contribution in [3.8, 4) is 0 Å². The molecule has 1 aromatic carbocycles. The van der Waals surface area contributed by atoms with E-state index in [0.29, 0.717) is 0 Å². The Balaban J connectivity index is 3.46. The Morgan fingerprint density at radius 1 is 1.33 bits per heavy atom. The summed E-state index contributed by atoms with van der Waals surface area (Å²) < 4.78 is 39.7. The van der Waals surface area contributed by atoms with Gasteiger partial charge in [-0.2, -0.15) is 8.70 Å². The van der Waals surface area contributed by atoms with E-state index in [1.807, 2.05) is 20.8 Å². The highest BCUT2D eigenvalue weighted by Gasteiger charge is 2.37. The number of benzene rings is 1. The van der Waals surface area contributed by atoms with E-state index in [1.165, 1.54) is 7.05 Å². The summed E-state index contributed by atoms with van der Waals surface area (Å²) in [4.78, 5) is 9.31. The topological polar surface area (TPSA) is 80.5 Å². The molecule has 0 fully saturated rings. The zero-order valence-electron chi connectivity index (χ0n) is 12.6. The minimum atomic E-state index is -4.17. The Bertz CT molecular complexity index is 653. The standard InChI is InChI=1S/C13H19FN2O4S/c1-9(13(2,3)4)15(5)21(19,20)11-8-6-7-10(14)12(11)16(17)18/h6-9H,1-5H3. The van der Waals surface area contributed by atoms with Crippen molar-refractivity contribution in [3.05, 3.63) is 34.1 Å². The molecule has 1 rings (SSSR count). The van der Waals surface area contributed by atoms with E-state index < -0.39 is 37.4 Å². The number of sulfonamides is 1. The van der Waals surface area contributed by atoms with Gasteiger partial charge in [0, 0.05) is 13.1 Å². The summed E-state index contributed by atoms with van der Waals surface area (Å²) in [6.07, 6.45) is 0. The molecule has 6 nitrogen and oxygen atoms in total. The molecule has 0 saturated heterocycles. The van der Waals surface area contributed by atoms with Crippen LogP contribution in [-0.2, 0) is 10.0 Å². The average Bonchev–Trinajstić information content (AvgIpc) is 2.34. The molecule has 0 saturated carbocycles. The minimum absolute atomic E-state index is 0.371. The zero-order chi connectivity index (χ0) is 16.6. The van der Waals surface area contributed by atoms with Crippen molar-refractivity contribution in [1.29, 1.82) is 0 Å². The third-order valence-electron chi connectivity index (χ3n) is 3.59. The maximum absolute atomic E-state index is 13.6. The predicted molar refractivity (Wildman–Crippen MR) is 76.9 cm³/mol. The van der Waals surface area contributed by atoms with Crippen LogP contribution in [-0.4, -0.2) is 30.7 Å². The van der Waals surface area contributed by atoms with Gasteiger partial charge < -0.3 is 0 Å². The molecule has 0 aliphatic heterocycles. The molecule has 0 aliphatic carbocycles. The van der Waals surface area contributed by atoms with Crippen molar-refractivity contribution in [1.82, 2.24) is 4.31 Å². The van der Waals surface area contributed by atoms with Crippen molar-refractivity contribution in [3.63, 3.8) is 0 Å². The van der Waals surface area contributed by atoms with Gasteiger partial charge in [-0.15, -0.1) is 0 Å². The van der Waals surface area contributed by atoms with Crippen molar-refractivity contribution in [2.45, 2.75) is 38.6 Å². The first kappa shape index (κ1) is 17.5. The van der Waals surface area contributed by atoms with Gasteiger partial charge in [0.05, 0.1) is 4.92 Å². The van der Waals surface area contributed by atoms with Crippen molar-refractivity contribution >= 4 is 15.7 Å². The fourth-order valence-electron chi connectivity index (χ4n) is 1.79. The second-order valence-corrected chi connectivity index (χ2v) is 7.87. The summed E-state index contributed by atoms with van der Waals surface area (Å²) in [5, 5.41) is 11.0. The Labute approximate surface area is 123 Å². The predicted octanol–water partition coefficient (Wildman–Crippen LogP) is 2.79. The molecule has 118 valence electrons. The molecule has 0 heterocycles. The first-order valence-electron chi connectivity index (χ1n) is 6.31. The summed E-state index contributed by atoms with van der Waals surface area (Å²) in [5.74, 6) is -1.17. The van der Waals surface area contributed by atoms with Crippen LogP contribution in [0.4, 0.5) is 10.1 Å². The first-order valence-corrected chi connectivity index (χ1v) is 7.75. The summed E-state index contributed by atoms with van der Waals surface area (Å²) in [5.41, 5.74) is -1.39. The highest BCUT2D eigenvalue weighted by atomic mass is 32.2. The third kappa shape index (κ3) is 3.38. The van der Waals surface area contributed by atoms with Crippen LogP contribution in [0.1, 0.15) is 27.7 Å². The Morgan fingerprint density at radius 3 is 2.29 bits per heavy atom. The minimum Gasteiger partial charge on any atom is -0.258 e. The van der Waals surface area contributed by atoms with Gasteiger partial charge in [0.15, 0.2) is 4.90 Å². The lowest BCUT2D eigenvalue weighted by molar-refractivity contribution is -0.390. The van der Waals surface area contributed by atoms with Crippen LogP contribution in [0, 0.1) is 21.3 Å². The fourth-order valence-corrected chi connectivity index (χ4v) is 3.50. The van der Waals surface area contributed by atoms with Crippen molar-refractivity contribution in [2.24, 2.45) is 5.41 Å². The molecule has 0 bridgehead atoms. The highest BCUT2D eigenvalue weighted by molar-refractivity contribution is 7.89. The van der Waals surface area contributed by atoms with Gasteiger partial charge in [0.2, 0.25) is 15.8 Å². The molecule has 8 heteroatoms. The molecule has 1 atom stereocenters. The molecule has 1 aromatic rings. The SMILES string of the molecule is CC(N(C)S(=O)(=O)c1cccc(F)c1[N+](=O)[O-])C(C)(C)C. The van der Waals surface area contributed by atoms with Crippen LogP contribution >= 0.6 is 0 Å². The third-order valence-corrected chi connectivity index (χ3v) is 5.55. The second kappa shape index (κ2) is 5.69. The van der Waals surface area contributed by atoms with E-state index in [1.54, 1.807) is 6.92 Å². The van der Waals surface area contributed by atoms with E-state index in [-0.39, 0.29) is 5.41 Å². The molecule has 0 amide bonds. The van der Waals surface area contributed by atoms with Crippen LogP contribution < -0.4 is 0 Å². The molecular weight excluding hydrogens is 299 g/mol. The van der Waals surface area contributed by atoms with Gasteiger partial charge in [0.1, 0.15) is 0 Å². The molecule has 0 radical (unpaired) electrons. The fraction of sp³-hybridized carbons (Fsp3) is 0.538. The molecule has 21 heavy (non-hydrogen) atoms. The van der Waals surface area contributed by atoms with E-state index in [9.17, 15) is 22.9 Å². The smallest absolute Gasteiger partial charge is 0.258 e. The lowest BCUT2D eigenvalue weighted by atomic mass is 9.88. The lowest BCUT2D eigenvalue weighted by Gasteiger charge is -2.34. The van der Waals surface area contributed by atoms with E-state index >= 15 is 0 Å². The average molecular weight is 318 g/mol. The number of rotatable bonds is 4. The van der Waals surface area contributed by atoms with Gasteiger partial charge in [-0.1, -0.05) is 26.8 Å². The number of nitrogens with zero attached hydrogens (tertiary/aromatic N) is 2. The van der Waals surface area contributed by atoms with Gasteiger partial charge in [-0.05, 0) is 24.5 Å². The second-order valence-electron chi connectivity index (χ2n) is 5.91. The Hall–Kier alpha value is -1.54. The molecular formula is C13H19FN2O4S. The lowest BCUT2D eigenvalue weighted by Crippen LogP contribution is -2.43. The first-order chi connectivity index (χ1) is 9.40. The quantitative estimate of drug-likeness (QED) is 0.631. The highest BCUT2D eigenvalue weighted by Crippen LogP contribution is 2.32. The largest absolute Gasteiger partial charge is 0.324 e. The van der Waals surface area contributed by atoms with Crippen molar-refractivity contribution in [2.75, 3.05) is 7.05 Å². The summed E-state index contributed by atoms with van der Waals surface area (Å²) >= 11 is 0. The molecule has 0 aromatic heterocycles. The summed E-state index contributed by atoms with van der Waals surface area (Å²) in [6, 6.07) is 2.63. The maximum Gasteiger partial charge on any atom is 0.324 e. The van der Waals surface area contributed by atoms with E-state index in [4.69, 9.17) is 0 Å². The van der Waals surface area contributed by atoms with Crippen LogP contribution in [0.3, 0.4) is 0 Å². The normalized spacial score (nSPS) is 14.2. The van der Waals surface area contributed by atoms with Crippen LogP contribution in [0.5, 0.6) is 0 Å². The number of nitro groups is 1. The summed E-state index contributed by atoms with van der Waals surface area (Å²) in [6.45, 7) is 7.25. The Kier molecular flexibility index (Phi) is 4.74. The zero-order valence-corrected chi connectivity index (χ0v) is 13.4. The van der Waals surface area contributed by atoms with Gasteiger partial charge in [-0.25, -0.2) is 8.42 Å². The maximum atomic E-state index is 13.6. The monoisotopic (exact) mass is 318 g/mol. The molecule has 0 N–H and O–H groups in total. The Morgan fingerprint density at radius 2 is 1.86 bits per heavy atom. The van der Waals surface area contributed by atoms with E-state index in [0.717, 1.165) is 22.5 Å². The van der Waals surface area contributed by atoms with Crippen LogP contribution in [0.15, 0.2) is 23.1 Å². The van der Waals surface area contributed by atoms with E-state index in [2.05, 4.69) is 0 Å². The molecule has 1 unspecified atom stereocenters. The molecule has 0 aliphatic rings. The number of para-hydroxylation sites is 1. The number of hydrogen-bond donors (Lipinski definition) is 0. The van der Waals surface area contributed by atoms with Gasteiger partial charge in [-0.3, -0.25) is 10.1 Å². The molecule has 0 spiro atoms. The summed E-state index contributed by atoms with van der Waals surface area (Å²) in [7, 11) is -2.83. The number of hydrogen-bond acceptors (Lipinski definition) is 4. The van der Waals surface area contributed by atoms with Gasteiger partial charge in [0.25, 0.3) is 0 Å². The van der Waals surface area contributed by atoms with Crippen LogP contribution in [0.25, 0.3) is 0 Å². The van der Waals surface area contributed by atoms with Gasteiger partial charge >= 0.3 is 5.69 Å². The number of halogens is 1. The van der Waals surface area contributed by atoms with Crippen LogP contribution in [0.2, 0.25) is 0 Å². The number of nitro benzene ring substituents is 1. The van der Waals surface area contributed by atoms with Crippen molar-refractivity contribution < 1.29 is 17.7 Å².